The predicted molar refractivity (Wildman–Crippen MR) is 124 cm³/mol. The van der Waals surface area contributed by atoms with Gasteiger partial charge >= 0.3 is 0 Å². The van der Waals surface area contributed by atoms with Gasteiger partial charge in [0.15, 0.2) is 4.91 Å². The normalized spacial score (nSPS) is 13.2. The number of benzene rings is 2. The second-order valence-corrected chi connectivity index (χ2v) is 9.27. The lowest BCUT2D eigenvalue weighted by Crippen LogP contribution is -2.30. The Morgan fingerprint density at radius 1 is 1.17 bits per heavy atom. The van der Waals surface area contributed by atoms with Gasteiger partial charge in [0, 0.05) is 31.9 Å². The molecule has 0 fully saturated rings. The summed E-state index contributed by atoms with van der Waals surface area (Å²) >= 11 is 0. The van der Waals surface area contributed by atoms with E-state index in [0.29, 0.717) is 5.56 Å². The third-order valence-electron chi connectivity index (χ3n) is 4.83. The van der Waals surface area contributed by atoms with Gasteiger partial charge in [0.2, 0.25) is 0 Å². The van der Waals surface area contributed by atoms with Crippen LogP contribution in [0.4, 0.5) is 5.69 Å². The monoisotopic (exact) mass is 429 g/mol. The highest BCUT2D eigenvalue weighted by molar-refractivity contribution is 7.93. The van der Waals surface area contributed by atoms with Crippen LogP contribution in [0.25, 0.3) is 16.8 Å². The number of hydrogen-bond donors (Lipinski definition) is 2. The Bertz CT molecular complexity index is 1020. The maximum atomic E-state index is 12.4. The minimum Gasteiger partial charge on any atom is -0.396 e. The molecule has 0 amide bonds. The fourth-order valence-electron chi connectivity index (χ4n) is 3.16. The van der Waals surface area contributed by atoms with Crippen molar-refractivity contribution in [1.29, 1.82) is 5.26 Å². The summed E-state index contributed by atoms with van der Waals surface area (Å²) in [6, 6.07) is 13.7. The zero-order valence-electron chi connectivity index (χ0n) is 17.9. The molecule has 7 heteroatoms. The number of allylic oxidation sites excluding steroid dienone is 1. The van der Waals surface area contributed by atoms with E-state index in [0.717, 1.165) is 36.7 Å². The Labute approximate surface area is 179 Å². The molecule has 2 aromatic rings. The van der Waals surface area contributed by atoms with Crippen LogP contribution in [0.1, 0.15) is 39.2 Å². The number of aliphatic hydroxyl groups is 1. The summed E-state index contributed by atoms with van der Waals surface area (Å²) < 4.78 is 27.2. The van der Waals surface area contributed by atoms with Crippen LogP contribution < -0.4 is 9.62 Å². The number of nitrogens with one attached hydrogen (secondary N) is 1. The van der Waals surface area contributed by atoms with Crippen molar-refractivity contribution in [3.8, 4) is 6.07 Å². The molecule has 2 aromatic carbocycles. The molecule has 0 spiro atoms. The smallest absolute Gasteiger partial charge is 0.250 e. The summed E-state index contributed by atoms with van der Waals surface area (Å²) in [6.07, 6.45) is 3.54. The van der Waals surface area contributed by atoms with Gasteiger partial charge in [0.25, 0.3) is 10.0 Å². The fourth-order valence-corrected chi connectivity index (χ4v) is 4.23. The van der Waals surface area contributed by atoms with Crippen molar-refractivity contribution < 1.29 is 13.5 Å². The minimum atomic E-state index is -3.93. The maximum Gasteiger partial charge on any atom is 0.250 e. The van der Waals surface area contributed by atoms with Crippen LogP contribution in [0.15, 0.2) is 41.3 Å². The second kappa shape index (κ2) is 11.1. The first kappa shape index (κ1) is 23.9. The average molecular weight is 430 g/mol. The molecular weight excluding hydrogens is 398 g/mol. The van der Waals surface area contributed by atoms with E-state index in [-0.39, 0.29) is 24.0 Å². The number of nitrogens with zero attached hydrogens (tertiary/aromatic N) is 2. The SMILES string of the molecule is CCCN(CCC)c1ccc2cc(/C=C(\C#N)S(=O)(=O)NCC(C)CO)ccc2c1. The van der Waals surface area contributed by atoms with E-state index in [1.54, 1.807) is 13.0 Å². The van der Waals surface area contributed by atoms with Crippen LogP contribution in [0.3, 0.4) is 0 Å². The van der Waals surface area contributed by atoms with Crippen LogP contribution in [-0.2, 0) is 10.0 Å². The van der Waals surface area contributed by atoms with E-state index in [2.05, 4.69) is 35.6 Å². The van der Waals surface area contributed by atoms with Gasteiger partial charge in [-0.3, -0.25) is 0 Å². The Morgan fingerprint density at radius 2 is 1.80 bits per heavy atom. The summed E-state index contributed by atoms with van der Waals surface area (Å²) in [7, 11) is -3.93. The third-order valence-corrected chi connectivity index (χ3v) is 6.17. The first-order chi connectivity index (χ1) is 14.3. The van der Waals surface area contributed by atoms with Gasteiger partial charge in [-0.25, -0.2) is 13.1 Å². The molecule has 0 saturated heterocycles. The number of aliphatic hydroxyl groups excluding tert-OH is 1. The molecular formula is C23H31N3O3S. The molecule has 0 radical (unpaired) electrons. The van der Waals surface area contributed by atoms with Crippen LogP contribution in [0, 0.1) is 17.2 Å². The number of hydrogen-bond acceptors (Lipinski definition) is 5. The van der Waals surface area contributed by atoms with Gasteiger partial charge in [-0.05, 0) is 59.4 Å². The Balaban J connectivity index is 2.31. The zero-order chi connectivity index (χ0) is 22.1. The summed E-state index contributed by atoms with van der Waals surface area (Å²) in [5.41, 5.74) is 1.82. The van der Waals surface area contributed by atoms with Gasteiger partial charge in [0.1, 0.15) is 6.07 Å². The fraction of sp³-hybridized carbons (Fsp3) is 0.435. The number of rotatable bonds is 11. The van der Waals surface area contributed by atoms with E-state index in [9.17, 15) is 13.7 Å². The lowest BCUT2D eigenvalue weighted by atomic mass is 10.1. The lowest BCUT2D eigenvalue weighted by molar-refractivity contribution is 0.239. The van der Waals surface area contributed by atoms with Crippen molar-refractivity contribution in [1.82, 2.24) is 4.72 Å². The molecule has 0 saturated carbocycles. The van der Waals surface area contributed by atoms with Gasteiger partial charge in [0.05, 0.1) is 0 Å². The maximum absolute atomic E-state index is 12.4. The molecule has 0 aliphatic heterocycles. The van der Waals surface area contributed by atoms with E-state index in [4.69, 9.17) is 5.11 Å². The topological polar surface area (TPSA) is 93.4 Å². The first-order valence-corrected chi connectivity index (χ1v) is 11.8. The van der Waals surface area contributed by atoms with Crippen molar-refractivity contribution >= 4 is 32.6 Å². The molecule has 0 aliphatic rings. The van der Waals surface area contributed by atoms with Crippen molar-refractivity contribution in [3.05, 3.63) is 46.9 Å². The van der Waals surface area contributed by atoms with Crippen LogP contribution in [0.5, 0.6) is 0 Å². The zero-order valence-corrected chi connectivity index (χ0v) is 18.7. The minimum absolute atomic E-state index is 0.0738. The molecule has 1 unspecified atom stereocenters. The third kappa shape index (κ3) is 6.30. The quantitative estimate of drug-likeness (QED) is 0.529. The standard InChI is InChI=1S/C23H31N3O3S/c1-4-10-26(11-5-2)22-9-8-20-12-19(6-7-21(20)14-22)13-23(15-24)30(28,29)25-16-18(3)17-27/h6-9,12-14,18,25,27H,4-5,10-11,16-17H2,1-3H3/b23-13+. The highest BCUT2D eigenvalue weighted by atomic mass is 32.2. The molecule has 2 N–H and O–H groups in total. The summed E-state index contributed by atoms with van der Waals surface area (Å²) in [5, 5.41) is 20.5. The van der Waals surface area contributed by atoms with E-state index in [1.807, 2.05) is 24.3 Å². The molecule has 0 heterocycles. The predicted octanol–water partition coefficient (Wildman–Crippen LogP) is 3.88. The molecule has 6 nitrogen and oxygen atoms in total. The Morgan fingerprint density at radius 3 is 2.40 bits per heavy atom. The molecule has 0 aliphatic carbocycles. The Kier molecular flexibility index (Phi) is 8.85. The molecule has 30 heavy (non-hydrogen) atoms. The average Bonchev–Trinajstić information content (AvgIpc) is 2.75. The van der Waals surface area contributed by atoms with Gasteiger partial charge in [-0.15, -0.1) is 0 Å². The van der Waals surface area contributed by atoms with Crippen molar-refractivity contribution in [2.24, 2.45) is 5.92 Å². The van der Waals surface area contributed by atoms with Crippen molar-refractivity contribution in [2.75, 3.05) is 31.1 Å². The summed E-state index contributed by atoms with van der Waals surface area (Å²) in [6.45, 7) is 8.01. The lowest BCUT2D eigenvalue weighted by Gasteiger charge is -2.24. The number of fused-ring (bicyclic) bond motifs is 1. The number of sulfonamides is 1. The second-order valence-electron chi connectivity index (χ2n) is 7.54. The van der Waals surface area contributed by atoms with Crippen molar-refractivity contribution in [3.63, 3.8) is 0 Å². The first-order valence-electron chi connectivity index (χ1n) is 10.4. The van der Waals surface area contributed by atoms with Crippen molar-refractivity contribution in [2.45, 2.75) is 33.6 Å². The molecule has 162 valence electrons. The van der Waals surface area contributed by atoms with E-state index < -0.39 is 10.0 Å². The van der Waals surface area contributed by atoms with E-state index in [1.165, 1.54) is 11.8 Å². The van der Waals surface area contributed by atoms with Gasteiger partial charge in [-0.2, -0.15) is 5.26 Å². The highest BCUT2D eigenvalue weighted by Gasteiger charge is 2.18. The molecule has 1 atom stereocenters. The van der Waals surface area contributed by atoms with Gasteiger partial charge in [-0.1, -0.05) is 39.0 Å². The largest absolute Gasteiger partial charge is 0.396 e. The molecule has 0 aromatic heterocycles. The van der Waals surface area contributed by atoms with Crippen LogP contribution >= 0.6 is 0 Å². The Hall–Kier alpha value is -2.40. The van der Waals surface area contributed by atoms with Crippen LogP contribution in [-0.4, -0.2) is 39.8 Å². The highest BCUT2D eigenvalue weighted by Crippen LogP contribution is 2.25. The molecule has 2 rings (SSSR count). The van der Waals surface area contributed by atoms with Gasteiger partial charge < -0.3 is 10.0 Å². The summed E-state index contributed by atoms with van der Waals surface area (Å²) in [5.74, 6) is -0.227. The molecule has 0 bridgehead atoms. The number of anilines is 1. The van der Waals surface area contributed by atoms with Crippen LogP contribution in [0.2, 0.25) is 0 Å². The number of nitriles is 1. The van der Waals surface area contributed by atoms with E-state index >= 15 is 0 Å². The summed E-state index contributed by atoms with van der Waals surface area (Å²) in [4.78, 5) is 2.02.